The van der Waals surface area contributed by atoms with Gasteiger partial charge >= 0.3 is 0 Å². The third-order valence-corrected chi connectivity index (χ3v) is 5.67. The van der Waals surface area contributed by atoms with Crippen molar-refractivity contribution >= 4 is 29.3 Å². The molecule has 0 aliphatic carbocycles. The van der Waals surface area contributed by atoms with Gasteiger partial charge in [0.1, 0.15) is 0 Å². The quantitative estimate of drug-likeness (QED) is 0.749. The van der Waals surface area contributed by atoms with Crippen LogP contribution in [0.1, 0.15) is 12.5 Å². The van der Waals surface area contributed by atoms with E-state index in [1.54, 1.807) is 11.8 Å². The summed E-state index contributed by atoms with van der Waals surface area (Å²) in [7, 11) is 0. The molecule has 1 aromatic carbocycles. The summed E-state index contributed by atoms with van der Waals surface area (Å²) in [6, 6.07) is 11.7. The van der Waals surface area contributed by atoms with Crippen LogP contribution in [0.3, 0.4) is 0 Å². The third kappa shape index (κ3) is 5.21. The molecule has 0 bridgehead atoms. The number of benzene rings is 1. The van der Waals surface area contributed by atoms with Gasteiger partial charge in [0.25, 0.3) is 0 Å². The molecule has 6 heteroatoms. The lowest BCUT2D eigenvalue weighted by molar-refractivity contribution is -0.132. The molecule has 0 saturated carbocycles. The zero-order chi connectivity index (χ0) is 17.6. The van der Waals surface area contributed by atoms with Crippen molar-refractivity contribution in [3.05, 3.63) is 59.4 Å². The van der Waals surface area contributed by atoms with E-state index in [9.17, 15) is 4.79 Å². The van der Waals surface area contributed by atoms with Crippen LogP contribution >= 0.6 is 23.4 Å². The van der Waals surface area contributed by atoms with E-state index in [0.29, 0.717) is 5.02 Å². The normalized spacial score (nSPS) is 16.6. The monoisotopic (exact) mass is 375 g/mol. The van der Waals surface area contributed by atoms with E-state index in [2.05, 4.69) is 9.88 Å². The van der Waals surface area contributed by atoms with Crippen LogP contribution in [-0.2, 0) is 11.3 Å². The predicted octanol–water partition coefficient (Wildman–Crippen LogP) is 3.56. The highest BCUT2D eigenvalue weighted by Crippen LogP contribution is 2.26. The lowest BCUT2D eigenvalue weighted by atomic mass is 10.2. The van der Waals surface area contributed by atoms with Crippen LogP contribution in [-0.4, -0.2) is 52.1 Å². The van der Waals surface area contributed by atoms with E-state index in [4.69, 9.17) is 11.6 Å². The maximum Gasteiger partial charge on any atom is 0.235 e. The average molecular weight is 376 g/mol. The van der Waals surface area contributed by atoms with Gasteiger partial charge in [-0.3, -0.25) is 14.7 Å². The zero-order valence-electron chi connectivity index (χ0n) is 14.3. The van der Waals surface area contributed by atoms with Crippen molar-refractivity contribution in [2.45, 2.75) is 23.6 Å². The molecule has 1 saturated heterocycles. The van der Waals surface area contributed by atoms with E-state index in [0.717, 1.165) is 37.6 Å². The second-order valence-corrected chi connectivity index (χ2v) is 8.02. The second-order valence-electron chi connectivity index (χ2n) is 6.17. The summed E-state index contributed by atoms with van der Waals surface area (Å²) >= 11 is 7.50. The van der Waals surface area contributed by atoms with Gasteiger partial charge in [0, 0.05) is 55.0 Å². The lowest BCUT2D eigenvalue weighted by Crippen LogP contribution is -2.50. The fourth-order valence-electron chi connectivity index (χ4n) is 2.90. The molecule has 0 spiro atoms. The number of rotatable bonds is 5. The van der Waals surface area contributed by atoms with E-state index in [1.807, 2.05) is 60.6 Å². The van der Waals surface area contributed by atoms with Gasteiger partial charge in [-0.15, -0.1) is 11.8 Å². The number of amides is 1. The van der Waals surface area contributed by atoms with E-state index >= 15 is 0 Å². The third-order valence-electron chi connectivity index (χ3n) is 4.31. The van der Waals surface area contributed by atoms with Gasteiger partial charge in [0.05, 0.1) is 5.25 Å². The van der Waals surface area contributed by atoms with E-state index < -0.39 is 0 Å². The van der Waals surface area contributed by atoms with Gasteiger partial charge in [-0.25, -0.2) is 0 Å². The number of aromatic nitrogens is 1. The van der Waals surface area contributed by atoms with Gasteiger partial charge in [-0.2, -0.15) is 0 Å². The molecule has 1 aliphatic rings. The summed E-state index contributed by atoms with van der Waals surface area (Å²) in [5.41, 5.74) is 1.27. The molecule has 0 N–H and O–H groups in total. The largest absolute Gasteiger partial charge is 0.339 e. The van der Waals surface area contributed by atoms with Crippen LogP contribution in [0.15, 0.2) is 53.7 Å². The SMILES string of the molecule is CC(Sc1ccc(Cl)cc1)C(=O)N1CCN(Cc2ccncc2)CC1. The number of carbonyl (C=O) groups is 1. The minimum Gasteiger partial charge on any atom is -0.339 e. The molecule has 1 fully saturated rings. The van der Waals surface area contributed by atoms with Crippen molar-refractivity contribution in [3.8, 4) is 0 Å². The lowest BCUT2D eigenvalue weighted by Gasteiger charge is -2.35. The maximum atomic E-state index is 12.7. The minimum absolute atomic E-state index is 0.0899. The van der Waals surface area contributed by atoms with Gasteiger partial charge in [-0.05, 0) is 48.9 Å². The van der Waals surface area contributed by atoms with Crippen molar-refractivity contribution in [3.63, 3.8) is 0 Å². The molecule has 1 atom stereocenters. The summed E-state index contributed by atoms with van der Waals surface area (Å²) in [5.74, 6) is 0.212. The Kier molecular flexibility index (Phi) is 6.34. The standard InChI is InChI=1S/C19H22ClN3OS/c1-15(25-18-4-2-17(20)3-5-18)19(24)23-12-10-22(11-13-23)14-16-6-8-21-9-7-16/h2-9,15H,10-14H2,1H3. The van der Waals surface area contributed by atoms with E-state index in [1.165, 1.54) is 5.56 Å². The molecule has 1 aromatic heterocycles. The number of thioether (sulfide) groups is 1. The van der Waals surface area contributed by atoms with Crippen molar-refractivity contribution in [2.75, 3.05) is 26.2 Å². The van der Waals surface area contributed by atoms with Crippen LogP contribution in [0.4, 0.5) is 0 Å². The molecule has 1 amide bonds. The molecule has 4 nitrogen and oxygen atoms in total. The number of hydrogen-bond acceptors (Lipinski definition) is 4. The van der Waals surface area contributed by atoms with Crippen molar-refractivity contribution < 1.29 is 4.79 Å². The van der Waals surface area contributed by atoms with Crippen LogP contribution in [0.5, 0.6) is 0 Å². The van der Waals surface area contributed by atoms with Crippen LogP contribution in [0.2, 0.25) is 5.02 Å². The van der Waals surface area contributed by atoms with Crippen LogP contribution in [0, 0.1) is 0 Å². The highest BCUT2D eigenvalue weighted by molar-refractivity contribution is 8.00. The molecule has 2 heterocycles. The number of carbonyl (C=O) groups excluding carboxylic acids is 1. The Hall–Kier alpha value is -1.56. The number of nitrogens with zero attached hydrogens (tertiary/aromatic N) is 3. The van der Waals surface area contributed by atoms with Crippen molar-refractivity contribution in [1.29, 1.82) is 0 Å². The zero-order valence-corrected chi connectivity index (χ0v) is 15.8. The number of hydrogen-bond donors (Lipinski definition) is 0. The molecule has 2 aromatic rings. The van der Waals surface area contributed by atoms with Gasteiger partial charge in [-0.1, -0.05) is 11.6 Å². The summed E-state index contributed by atoms with van der Waals surface area (Å²) < 4.78 is 0. The first kappa shape index (κ1) is 18.2. The molecule has 25 heavy (non-hydrogen) atoms. The van der Waals surface area contributed by atoms with Gasteiger partial charge < -0.3 is 4.90 Å². The molecule has 132 valence electrons. The number of piperazine rings is 1. The Morgan fingerprint density at radius 3 is 2.40 bits per heavy atom. The topological polar surface area (TPSA) is 36.4 Å². The second kappa shape index (κ2) is 8.70. The fourth-order valence-corrected chi connectivity index (χ4v) is 3.97. The first-order valence-corrected chi connectivity index (χ1v) is 9.70. The van der Waals surface area contributed by atoms with Gasteiger partial charge in [0.15, 0.2) is 0 Å². The summed E-state index contributed by atoms with van der Waals surface area (Å²) in [4.78, 5) is 22.2. The Labute approximate surface area is 158 Å². The molecule has 1 aliphatic heterocycles. The Balaban J connectivity index is 1.48. The smallest absolute Gasteiger partial charge is 0.235 e. The molecule has 0 radical (unpaired) electrons. The summed E-state index contributed by atoms with van der Waals surface area (Å²) in [6.07, 6.45) is 3.65. The molecule has 1 unspecified atom stereocenters. The first-order chi connectivity index (χ1) is 12.1. The minimum atomic E-state index is -0.0899. The highest BCUT2D eigenvalue weighted by atomic mass is 35.5. The predicted molar refractivity (Wildman–Crippen MR) is 103 cm³/mol. The Morgan fingerprint density at radius 1 is 1.12 bits per heavy atom. The Morgan fingerprint density at radius 2 is 1.76 bits per heavy atom. The molecular formula is C19H22ClN3OS. The van der Waals surface area contributed by atoms with Crippen molar-refractivity contribution in [2.24, 2.45) is 0 Å². The highest BCUT2D eigenvalue weighted by Gasteiger charge is 2.25. The Bertz CT molecular complexity index is 688. The molecule has 3 rings (SSSR count). The summed E-state index contributed by atoms with van der Waals surface area (Å²) in [6.45, 7) is 6.29. The fraction of sp³-hybridized carbons (Fsp3) is 0.368. The number of pyridine rings is 1. The van der Waals surface area contributed by atoms with Crippen LogP contribution < -0.4 is 0 Å². The maximum absolute atomic E-state index is 12.7. The van der Waals surface area contributed by atoms with Crippen molar-refractivity contribution in [1.82, 2.24) is 14.8 Å². The van der Waals surface area contributed by atoms with E-state index in [-0.39, 0.29) is 11.2 Å². The van der Waals surface area contributed by atoms with Gasteiger partial charge in [0.2, 0.25) is 5.91 Å². The number of halogens is 1. The molecular weight excluding hydrogens is 354 g/mol. The first-order valence-electron chi connectivity index (χ1n) is 8.44. The van der Waals surface area contributed by atoms with Crippen LogP contribution in [0.25, 0.3) is 0 Å². The average Bonchev–Trinajstić information content (AvgIpc) is 2.64. The summed E-state index contributed by atoms with van der Waals surface area (Å²) in [5, 5.41) is 0.626.